The van der Waals surface area contributed by atoms with Gasteiger partial charge in [-0.15, -0.1) is 0 Å². The molecule has 0 bridgehead atoms. The Bertz CT molecular complexity index is 410. The molecular formula is C11H12ClNO. The van der Waals surface area contributed by atoms with E-state index in [-0.39, 0.29) is 5.54 Å². The second-order valence-electron chi connectivity index (χ2n) is 4.29. The quantitative estimate of drug-likeness (QED) is 0.477. The largest absolute Gasteiger partial charge is 0.623 e. The van der Waals surface area contributed by atoms with Gasteiger partial charge in [-0.25, -0.2) is 4.74 Å². The summed E-state index contributed by atoms with van der Waals surface area (Å²) in [7, 11) is 0. The average molecular weight is 210 g/mol. The topological polar surface area (TPSA) is 26.1 Å². The number of hydrogen-bond acceptors (Lipinski definition) is 1. The van der Waals surface area contributed by atoms with Crippen LogP contribution in [0.3, 0.4) is 0 Å². The molecule has 0 saturated carbocycles. The molecule has 14 heavy (non-hydrogen) atoms. The Hall–Kier alpha value is -1.02. The van der Waals surface area contributed by atoms with Crippen molar-refractivity contribution in [2.45, 2.75) is 25.8 Å². The fourth-order valence-electron chi connectivity index (χ4n) is 1.69. The van der Waals surface area contributed by atoms with Crippen molar-refractivity contribution < 1.29 is 4.74 Å². The van der Waals surface area contributed by atoms with Gasteiger partial charge in [0.2, 0.25) is 0 Å². The summed E-state index contributed by atoms with van der Waals surface area (Å²) < 4.78 is 1.01. The van der Waals surface area contributed by atoms with Crippen LogP contribution in [0, 0.1) is 5.21 Å². The van der Waals surface area contributed by atoms with Crippen molar-refractivity contribution in [1.82, 2.24) is 0 Å². The van der Waals surface area contributed by atoms with E-state index in [4.69, 9.17) is 11.6 Å². The van der Waals surface area contributed by atoms with Gasteiger partial charge in [-0.2, -0.15) is 0 Å². The molecule has 0 radical (unpaired) electrons. The van der Waals surface area contributed by atoms with Gasteiger partial charge in [0, 0.05) is 30.9 Å². The lowest BCUT2D eigenvalue weighted by Gasteiger charge is -2.28. The number of benzene rings is 1. The molecule has 74 valence electrons. The van der Waals surface area contributed by atoms with E-state index in [1.54, 1.807) is 6.21 Å². The second-order valence-corrected chi connectivity index (χ2v) is 4.72. The first kappa shape index (κ1) is 9.53. The van der Waals surface area contributed by atoms with Crippen LogP contribution in [0.2, 0.25) is 5.02 Å². The van der Waals surface area contributed by atoms with Gasteiger partial charge in [-0.1, -0.05) is 17.7 Å². The zero-order chi connectivity index (χ0) is 10.3. The van der Waals surface area contributed by atoms with Crippen LogP contribution in [0.25, 0.3) is 0 Å². The minimum atomic E-state index is -0.346. The molecule has 1 aromatic rings. The normalized spacial score (nSPS) is 18.6. The highest BCUT2D eigenvalue weighted by Gasteiger charge is 2.31. The Kier molecular flexibility index (Phi) is 2.04. The summed E-state index contributed by atoms with van der Waals surface area (Å²) in [6.45, 7) is 3.88. The summed E-state index contributed by atoms with van der Waals surface area (Å²) in [5.74, 6) is 0. The molecule has 0 saturated heterocycles. The zero-order valence-electron chi connectivity index (χ0n) is 8.25. The minimum Gasteiger partial charge on any atom is -0.623 e. The molecular weight excluding hydrogens is 198 g/mol. The second kappa shape index (κ2) is 2.99. The first-order chi connectivity index (χ1) is 6.49. The van der Waals surface area contributed by atoms with Gasteiger partial charge in [0.25, 0.3) is 0 Å². The van der Waals surface area contributed by atoms with Crippen LogP contribution in [-0.2, 0) is 6.42 Å². The van der Waals surface area contributed by atoms with Gasteiger partial charge in [0.05, 0.1) is 0 Å². The van der Waals surface area contributed by atoms with E-state index in [0.29, 0.717) is 5.02 Å². The number of nitrogens with zero attached hydrogens (tertiary/aromatic N) is 1. The fraction of sp³-hybridized carbons (Fsp3) is 0.364. The van der Waals surface area contributed by atoms with E-state index in [1.165, 1.54) is 5.56 Å². The highest BCUT2D eigenvalue weighted by atomic mass is 35.5. The Morgan fingerprint density at radius 2 is 2.14 bits per heavy atom. The predicted octanol–water partition coefficient (Wildman–Crippen LogP) is 2.60. The van der Waals surface area contributed by atoms with Crippen LogP contribution < -0.4 is 0 Å². The van der Waals surface area contributed by atoms with E-state index >= 15 is 0 Å². The summed E-state index contributed by atoms with van der Waals surface area (Å²) >= 11 is 5.85. The van der Waals surface area contributed by atoms with Crippen molar-refractivity contribution in [2.75, 3.05) is 0 Å². The molecule has 0 N–H and O–H groups in total. The van der Waals surface area contributed by atoms with E-state index in [2.05, 4.69) is 0 Å². The molecule has 3 heteroatoms. The third-order valence-electron chi connectivity index (χ3n) is 2.58. The van der Waals surface area contributed by atoms with Crippen molar-refractivity contribution in [3.05, 3.63) is 39.6 Å². The molecule has 2 nitrogen and oxygen atoms in total. The Balaban J connectivity index is 2.54. The van der Waals surface area contributed by atoms with Crippen LogP contribution in [0.1, 0.15) is 25.0 Å². The lowest BCUT2D eigenvalue weighted by atomic mass is 9.90. The van der Waals surface area contributed by atoms with Gasteiger partial charge in [0.15, 0.2) is 11.8 Å². The maximum absolute atomic E-state index is 11.6. The molecule has 1 aliphatic rings. The maximum Gasteiger partial charge on any atom is 0.182 e. The molecule has 0 amide bonds. The number of fused-ring (bicyclic) bond motifs is 1. The van der Waals surface area contributed by atoms with Crippen molar-refractivity contribution in [2.24, 2.45) is 0 Å². The highest BCUT2D eigenvalue weighted by Crippen LogP contribution is 2.25. The van der Waals surface area contributed by atoms with Crippen molar-refractivity contribution >= 4 is 17.8 Å². The molecule has 0 unspecified atom stereocenters. The van der Waals surface area contributed by atoms with Crippen molar-refractivity contribution in [3.8, 4) is 0 Å². The van der Waals surface area contributed by atoms with Gasteiger partial charge in [0.1, 0.15) is 0 Å². The van der Waals surface area contributed by atoms with Crippen LogP contribution in [0.4, 0.5) is 0 Å². The van der Waals surface area contributed by atoms with Crippen molar-refractivity contribution in [1.29, 1.82) is 0 Å². The molecule has 0 atom stereocenters. The SMILES string of the molecule is CC1(C)Cc2ccc(Cl)cc2C=[N+]1[O-]. The molecule has 0 fully saturated rings. The van der Waals surface area contributed by atoms with Crippen LogP contribution in [-0.4, -0.2) is 16.5 Å². The Morgan fingerprint density at radius 3 is 2.86 bits per heavy atom. The number of hydroxylamine groups is 1. The molecule has 1 aromatic carbocycles. The minimum absolute atomic E-state index is 0.346. The zero-order valence-corrected chi connectivity index (χ0v) is 9.01. The predicted molar refractivity (Wildman–Crippen MR) is 58.0 cm³/mol. The molecule has 0 spiro atoms. The summed E-state index contributed by atoms with van der Waals surface area (Å²) in [6, 6.07) is 5.69. The molecule has 0 aromatic heterocycles. The Labute approximate surface area is 88.4 Å². The van der Waals surface area contributed by atoms with Gasteiger partial charge >= 0.3 is 0 Å². The van der Waals surface area contributed by atoms with Crippen LogP contribution in [0.15, 0.2) is 18.2 Å². The van der Waals surface area contributed by atoms with E-state index in [9.17, 15) is 5.21 Å². The van der Waals surface area contributed by atoms with Crippen LogP contribution >= 0.6 is 11.6 Å². The fourth-order valence-corrected chi connectivity index (χ4v) is 1.87. The monoisotopic (exact) mass is 209 g/mol. The molecule has 1 aliphatic heterocycles. The van der Waals surface area contributed by atoms with E-state index in [1.807, 2.05) is 32.0 Å². The molecule has 2 rings (SSSR count). The first-order valence-corrected chi connectivity index (χ1v) is 4.97. The van der Waals surface area contributed by atoms with Gasteiger partial charge < -0.3 is 5.21 Å². The van der Waals surface area contributed by atoms with E-state index < -0.39 is 0 Å². The maximum atomic E-state index is 11.6. The smallest absolute Gasteiger partial charge is 0.182 e. The number of hydrogen-bond donors (Lipinski definition) is 0. The standard InChI is InChI=1S/C11H12ClNO/c1-11(2)6-8-3-4-10(12)5-9(8)7-13(11)14/h3-5,7H,6H2,1-2H3. The highest BCUT2D eigenvalue weighted by molar-refractivity contribution is 6.30. The average Bonchev–Trinajstić information content (AvgIpc) is 2.08. The van der Waals surface area contributed by atoms with E-state index in [0.717, 1.165) is 16.7 Å². The molecule has 1 heterocycles. The summed E-state index contributed by atoms with van der Waals surface area (Å²) in [6.07, 6.45) is 2.38. The van der Waals surface area contributed by atoms with Gasteiger partial charge in [-0.05, 0) is 17.7 Å². The lowest BCUT2D eigenvalue weighted by Crippen LogP contribution is -2.39. The third kappa shape index (κ3) is 1.50. The lowest BCUT2D eigenvalue weighted by molar-refractivity contribution is -0.537. The summed E-state index contributed by atoms with van der Waals surface area (Å²) in [5, 5.41) is 12.3. The Morgan fingerprint density at radius 1 is 1.43 bits per heavy atom. The first-order valence-electron chi connectivity index (χ1n) is 4.59. The van der Waals surface area contributed by atoms with Crippen LogP contribution in [0.5, 0.6) is 0 Å². The third-order valence-corrected chi connectivity index (χ3v) is 2.82. The number of halogens is 1. The summed E-state index contributed by atoms with van der Waals surface area (Å²) in [5.41, 5.74) is 1.78. The van der Waals surface area contributed by atoms with Gasteiger partial charge in [-0.3, -0.25) is 0 Å². The molecule has 0 aliphatic carbocycles. The van der Waals surface area contributed by atoms with Crippen molar-refractivity contribution in [3.63, 3.8) is 0 Å². The number of rotatable bonds is 0. The summed E-state index contributed by atoms with van der Waals surface area (Å²) in [4.78, 5) is 0.